The average Bonchev–Trinajstić information content (AvgIpc) is 2.82. The van der Waals surface area contributed by atoms with E-state index in [2.05, 4.69) is 26.1 Å². The molecular formula is C15H21NO3S. The van der Waals surface area contributed by atoms with E-state index in [1.807, 2.05) is 25.1 Å². The van der Waals surface area contributed by atoms with E-state index in [4.69, 9.17) is 9.47 Å². The SMILES string of the molecule is CC(NC(=O)CSC(C)(C)C)c1ccc2c(c1)OCO2. The Hall–Kier alpha value is -1.36. The second-order valence-corrected chi connectivity index (χ2v) is 7.61. The Labute approximate surface area is 124 Å². The van der Waals surface area contributed by atoms with E-state index in [0.717, 1.165) is 17.1 Å². The molecule has 1 aliphatic rings. The number of carbonyl (C=O) groups is 1. The molecule has 1 heterocycles. The van der Waals surface area contributed by atoms with E-state index in [9.17, 15) is 4.79 Å². The van der Waals surface area contributed by atoms with Crippen LogP contribution in [0, 0.1) is 0 Å². The second kappa shape index (κ2) is 5.95. The van der Waals surface area contributed by atoms with E-state index < -0.39 is 0 Å². The summed E-state index contributed by atoms with van der Waals surface area (Å²) in [7, 11) is 0. The summed E-state index contributed by atoms with van der Waals surface area (Å²) in [6.07, 6.45) is 0. The Bertz CT molecular complexity index is 496. The number of thioether (sulfide) groups is 1. The van der Waals surface area contributed by atoms with Gasteiger partial charge in [0, 0.05) is 4.75 Å². The first-order valence-electron chi connectivity index (χ1n) is 6.68. The molecule has 110 valence electrons. The topological polar surface area (TPSA) is 47.6 Å². The van der Waals surface area contributed by atoms with Gasteiger partial charge in [-0.15, -0.1) is 11.8 Å². The summed E-state index contributed by atoms with van der Waals surface area (Å²) in [4.78, 5) is 11.9. The highest BCUT2D eigenvalue weighted by Gasteiger charge is 2.18. The highest BCUT2D eigenvalue weighted by molar-refractivity contribution is 8.01. The van der Waals surface area contributed by atoms with Gasteiger partial charge in [0.05, 0.1) is 11.8 Å². The van der Waals surface area contributed by atoms with Crippen molar-refractivity contribution in [2.75, 3.05) is 12.5 Å². The zero-order valence-electron chi connectivity index (χ0n) is 12.4. The summed E-state index contributed by atoms with van der Waals surface area (Å²) in [5.41, 5.74) is 1.02. The van der Waals surface area contributed by atoms with Crippen LogP contribution in [0.5, 0.6) is 11.5 Å². The summed E-state index contributed by atoms with van der Waals surface area (Å²) in [6, 6.07) is 5.71. The summed E-state index contributed by atoms with van der Waals surface area (Å²) in [5, 5.41) is 3.00. The number of ether oxygens (including phenoxy) is 2. The van der Waals surface area contributed by atoms with Gasteiger partial charge in [0.2, 0.25) is 12.7 Å². The molecule has 0 bridgehead atoms. The Balaban J connectivity index is 1.91. The van der Waals surface area contributed by atoms with Crippen LogP contribution in [0.1, 0.15) is 39.3 Å². The van der Waals surface area contributed by atoms with Crippen LogP contribution in [0.25, 0.3) is 0 Å². The molecule has 0 radical (unpaired) electrons. The molecule has 1 aliphatic heterocycles. The lowest BCUT2D eigenvalue weighted by Gasteiger charge is -2.19. The number of carbonyl (C=O) groups excluding carboxylic acids is 1. The fourth-order valence-electron chi connectivity index (χ4n) is 1.83. The predicted molar refractivity (Wildman–Crippen MR) is 81.3 cm³/mol. The van der Waals surface area contributed by atoms with Crippen molar-refractivity contribution in [3.8, 4) is 11.5 Å². The first-order valence-corrected chi connectivity index (χ1v) is 7.66. The van der Waals surface area contributed by atoms with Gasteiger partial charge in [-0.05, 0) is 24.6 Å². The van der Waals surface area contributed by atoms with Gasteiger partial charge < -0.3 is 14.8 Å². The van der Waals surface area contributed by atoms with E-state index >= 15 is 0 Å². The molecule has 0 fully saturated rings. The monoisotopic (exact) mass is 295 g/mol. The van der Waals surface area contributed by atoms with Gasteiger partial charge in [0.25, 0.3) is 0 Å². The largest absolute Gasteiger partial charge is 0.454 e. The van der Waals surface area contributed by atoms with Crippen LogP contribution in [0.15, 0.2) is 18.2 Å². The van der Waals surface area contributed by atoms with Crippen molar-refractivity contribution in [1.82, 2.24) is 5.32 Å². The highest BCUT2D eigenvalue weighted by Crippen LogP contribution is 2.34. The van der Waals surface area contributed by atoms with Crippen LogP contribution in [0.2, 0.25) is 0 Å². The third-order valence-corrected chi connectivity index (χ3v) is 4.18. The molecular weight excluding hydrogens is 274 g/mol. The van der Waals surface area contributed by atoms with E-state index in [1.54, 1.807) is 11.8 Å². The molecule has 1 amide bonds. The van der Waals surface area contributed by atoms with Gasteiger partial charge in [-0.25, -0.2) is 0 Å². The first-order chi connectivity index (χ1) is 9.35. The third-order valence-electron chi connectivity index (χ3n) is 2.91. The van der Waals surface area contributed by atoms with Crippen LogP contribution in [0.3, 0.4) is 0 Å². The zero-order chi connectivity index (χ0) is 14.8. The lowest BCUT2D eigenvalue weighted by atomic mass is 10.1. The molecule has 0 aliphatic carbocycles. The van der Waals surface area contributed by atoms with Gasteiger partial charge >= 0.3 is 0 Å². The average molecular weight is 295 g/mol. The number of rotatable bonds is 4. The van der Waals surface area contributed by atoms with Gasteiger partial charge in [-0.1, -0.05) is 26.8 Å². The quantitative estimate of drug-likeness (QED) is 0.927. The summed E-state index contributed by atoms with van der Waals surface area (Å²) in [6.45, 7) is 8.55. The number of hydrogen-bond acceptors (Lipinski definition) is 4. The van der Waals surface area contributed by atoms with Crippen molar-refractivity contribution >= 4 is 17.7 Å². The normalized spacial score (nSPS) is 15.0. The standard InChI is InChI=1S/C15H21NO3S/c1-10(16-14(17)8-20-15(2,3)4)11-5-6-12-13(7-11)19-9-18-12/h5-7,10H,8-9H2,1-4H3,(H,16,17). The molecule has 1 unspecified atom stereocenters. The minimum absolute atomic E-state index is 0.0439. The molecule has 0 aromatic heterocycles. The van der Waals surface area contributed by atoms with Crippen LogP contribution >= 0.6 is 11.8 Å². The van der Waals surface area contributed by atoms with Crippen LogP contribution in [-0.2, 0) is 4.79 Å². The Morgan fingerprint density at radius 3 is 2.75 bits per heavy atom. The molecule has 5 heteroatoms. The smallest absolute Gasteiger partial charge is 0.231 e. The maximum absolute atomic E-state index is 11.9. The number of hydrogen-bond donors (Lipinski definition) is 1. The molecule has 4 nitrogen and oxygen atoms in total. The van der Waals surface area contributed by atoms with Crippen molar-refractivity contribution in [2.24, 2.45) is 0 Å². The van der Waals surface area contributed by atoms with Gasteiger partial charge in [0.1, 0.15) is 0 Å². The van der Waals surface area contributed by atoms with Crippen molar-refractivity contribution in [3.05, 3.63) is 23.8 Å². The highest BCUT2D eigenvalue weighted by atomic mass is 32.2. The van der Waals surface area contributed by atoms with Crippen LogP contribution in [-0.4, -0.2) is 23.2 Å². The van der Waals surface area contributed by atoms with Crippen LogP contribution in [0.4, 0.5) is 0 Å². The summed E-state index contributed by atoms with van der Waals surface area (Å²) >= 11 is 1.64. The van der Waals surface area contributed by atoms with Crippen molar-refractivity contribution in [3.63, 3.8) is 0 Å². The van der Waals surface area contributed by atoms with Gasteiger partial charge in [0.15, 0.2) is 11.5 Å². The number of amides is 1. The fourth-order valence-corrected chi connectivity index (χ4v) is 2.48. The number of benzene rings is 1. The fraction of sp³-hybridized carbons (Fsp3) is 0.533. The number of nitrogens with one attached hydrogen (secondary N) is 1. The van der Waals surface area contributed by atoms with E-state index in [1.165, 1.54) is 0 Å². The van der Waals surface area contributed by atoms with Crippen molar-refractivity contribution in [1.29, 1.82) is 0 Å². The van der Waals surface area contributed by atoms with Crippen LogP contribution < -0.4 is 14.8 Å². The van der Waals surface area contributed by atoms with Crippen molar-refractivity contribution in [2.45, 2.75) is 38.5 Å². The molecule has 1 N–H and O–H groups in total. The molecule has 2 rings (SSSR count). The Kier molecular flexibility index (Phi) is 4.48. The van der Waals surface area contributed by atoms with Crippen molar-refractivity contribution < 1.29 is 14.3 Å². The Morgan fingerprint density at radius 1 is 1.35 bits per heavy atom. The first kappa shape index (κ1) is 15.0. The lowest BCUT2D eigenvalue weighted by Crippen LogP contribution is -2.29. The summed E-state index contributed by atoms with van der Waals surface area (Å²) < 4.78 is 10.7. The predicted octanol–water partition coefficient (Wildman–Crippen LogP) is 3.12. The molecule has 0 spiro atoms. The lowest BCUT2D eigenvalue weighted by molar-refractivity contribution is -0.119. The summed E-state index contributed by atoms with van der Waals surface area (Å²) in [5.74, 6) is 2.02. The molecule has 0 saturated carbocycles. The maximum atomic E-state index is 11.9. The minimum atomic E-state index is -0.0439. The zero-order valence-corrected chi connectivity index (χ0v) is 13.2. The molecule has 20 heavy (non-hydrogen) atoms. The molecule has 0 saturated heterocycles. The van der Waals surface area contributed by atoms with Gasteiger partial charge in [-0.3, -0.25) is 4.79 Å². The molecule has 1 aromatic carbocycles. The minimum Gasteiger partial charge on any atom is -0.454 e. The number of fused-ring (bicyclic) bond motifs is 1. The second-order valence-electron chi connectivity index (χ2n) is 5.80. The van der Waals surface area contributed by atoms with E-state index in [0.29, 0.717) is 5.75 Å². The van der Waals surface area contributed by atoms with Gasteiger partial charge in [-0.2, -0.15) is 0 Å². The Morgan fingerprint density at radius 2 is 2.05 bits per heavy atom. The molecule has 1 aromatic rings. The van der Waals surface area contributed by atoms with E-state index in [-0.39, 0.29) is 23.5 Å². The third kappa shape index (κ3) is 4.07. The molecule has 1 atom stereocenters. The maximum Gasteiger partial charge on any atom is 0.231 e.